The summed E-state index contributed by atoms with van der Waals surface area (Å²) in [4.78, 5) is 23.8. The Labute approximate surface area is 160 Å². The van der Waals surface area contributed by atoms with E-state index in [9.17, 15) is 26.8 Å². The Bertz CT molecular complexity index is 931. The van der Waals surface area contributed by atoms with E-state index < -0.39 is 45.3 Å². The van der Waals surface area contributed by atoms with E-state index in [1.54, 1.807) is 18.2 Å². The molecule has 0 bridgehead atoms. The highest BCUT2D eigenvalue weighted by Crippen LogP contribution is 2.18. The summed E-state index contributed by atoms with van der Waals surface area (Å²) in [7, 11) is -3.77. The lowest BCUT2D eigenvalue weighted by Crippen LogP contribution is -2.32. The third kappa shape index (κ3) is 5.83. The number of carbonyl (C=O) groups excluding carboxylic acids is 2. The second-order valence-corrected chi connectivity index (χ2v) is 7.45. The Morgan fingerprint density at radius 3 is 2.25 bits per heavy atom. The molecule has 0 aliphatic rings. The largest absolute Gasteiger partial charge is 0.452 e. The van der Waals surface area contributed by atoms with E-state index in [1.165, 1.54) is 19.1 Å². The second kappa shape index (κ2) is 9.38. The third-order valence-electron chi connectivity index (χ3n) is 3.56. The van der Waals surface area contributed by atoms with Crippen molar-refractivity contribution in [3.05, 3.63) is 60.2 Å². The van der Waals surface area contributed by atoms with Gasteiger partial charge < -0.3 is 10.1 Å². The van der Waals surface area contributed by atoms with Gasteiger partial charge in [-0.2, -0.15) is 0 Å². The Kier molecular flexibility index (Phi) is 7.18. The van der Waals surface area contributed by atoms with Crippen molar-refractivity contribution < 1.29 is 31.5 Å². The number of ether oxygens (including phenoxy) is 1. The first kappa shape index (κ1) is 21.5. The lowest BCUT2D eigenvalue weighted by Gasteiger charge is -2.14. The molecule has 0 unspecified atom stereocenters. The number of halogens is 2. The van der Waals surface area contributed by atoms with Gasteiger partial charge in [-0.05, 0) is 31.2 Å². The highest BCUT2D eigenvalue weighted by atomic mass is 32.2. The third-order valence-corrected chi connectivity index (χ3v) is 5.04. The lowest BCUT2D eigenvalue weighted by atomic mass is 10.2. The van der Waals surface area contributed by atoms with Gasteiger partial charge in [0.1, 0.15) is 17.3 Å². The summed E-state index contributed by atoms with van der Waals surface area (Å²) in [6, 6.07) is 10.6. The molecule has 0 radical (unpaired) electrons. The van der Waals surface area contributed by atoms with E-state index in [2.05, 4.69) is 4.72 Å². The number of esters is 1. The summed E-state index contributed by atoms with van der Waals surface area (Å²) in [5.41, 5.74) is -0.647. The monoisotopic (exact) mass is 412 g/mol. The number of para-hydroxylation sites is 1. The van der Waals surface area contributed by atoms with Crippen LogP contribution in [-0.2, 0) is 24.3 Å². The summed E-state index contributed by atoms with van der Waals surface area (Å²) in [6.07, 6.45) is -1.67. The van der Waals surface area contributed by atoms with Crippen molar-refractivity contribution in [2.45, 2.75) is 24.3 Å². The number of benzene rings is 2. The normalized spacial score (nSPS) is 12.2. The Hall–Kier alpha value is -2.85. The molecule has 10 heteroatoms. The number of hydrogen-bond donors (Lipinski definition) is 2. The molecular formula is C18H18F2N2O5S. The van der Waals surface area contributed by atoms with Gasteiger partial charge in [0.25, 0.3) is 5.91 Å². The Balaban J connectivity index is 1.83. The van der Waals surface area contributed by atoms with E-state index in [-0.39, 0.29) is 17.9 Å². The van der Waals surface area contributed by atoms with Crippen LogP contribution in [0.1, 0.15) is 13.3 Å². The molecule has 0 spiro atoms. The number of amides is 1. The second-order valence-electron chi connectivity index (χ2n) is 5.68. The van der Waals surface area contributed by atoms with Crippen molar-refractivity contribution in [2.75, 3.05) is 11.9 Å². The van der Waals surface area contributed by atoms with E-state index in [4.69, 9.17) is 4.74 Å². The standard InChI is InChI=1S/C18H18F2N2O5S/c1-12(18(24)22-17-14(19)8-5-9-15(17)20)27-16(23)10-11-21-28(25,26)13-6-3-2-4-7-13/h2-9,12,21H,10-11H2,1H3,(H,22,24)/t12-/m1/s1. The van der Waals surface area contributed by atoms with Gasteiger partial charge in [0, 0.05) is 6.54 Å². The quantitative estimate of drug-likeness (QED) is 0.648. The maximum Gasteiger partial charge on any atom is 0.307 e. The van der Waals surface area contributed by atoms with E-state index in [0.717, 1.165) is 18.2 Å². The molecule has 150 valence electrons. The van der Waals surface area contributed by atoms with Crippen molar-refractivity contribution >= 4 is 27.6 Å². The number of carbonyl (C=O) groups is 2. The fourth-order valence-corrected chi connectivity index (χ4v) is 3.18. The first-order valence-electron chi connectivity index (χ1n) is 8.20. The zero-order valence-electron chi connectivity index (χ0n) is 14.8. The van der Waals surface area contributed by atoms with E-state index >= 15 is 0 Å². The molecule has 0 aliphatic carbocycles. The molecule has 7 nitrogen and oxygen atoms in total. The summed E-state index contributed by atoms with van der Waals surface area (Å²) >= 11 is 0. The molecule has 0 aromatic heterocycles. The van der Waals surface area contributed by atoms with E-state index in [1.807, 2.05) is 5.32 Å². The molecule has 0 fully saturated rings. The highest BCUT2D eigenvalue weighted by molar-refractivity contribution is 7.89. The minimum Gasteiger partial charge on any atom is -0.452 e. The van der Waals surface area contributed by atoms with E-state index in [0.29, 0.717) is 0 Å². The van der Waals surface area contributed by atoms with Gasteiger partial charge in [0.15, 0.2) is 6.10 Å². The van der Waals surface area contributed by atoms with Crippen molar-refractivity contribution in [3.63, 3.8) is 0 Å². The first-order chi connectivity index (χ1) is 13.2. The Morgan fingerprint density at radius 1 is 1.04 bits per heavy atom. The SMILES string of the molecule is C[C@@H](OC(=O)CCNS(=O)(=O)c1ccccc1)C(=O)Nc1c(F)cccc1F. The van der Waals surface area contributed by atoms with Gasteiger partial charge in [-0.3, -0.25) is 9.59 Å². The van der Waals surface area contributed by atoms with Crippen LogP contribution in [0.25, 0.3) is 0 Å². The predicted octanol–water partition coefficient (Wildman–Crippen LogP) is 2.20. The molecule has 28 heavy (non-hydrogen) atoms. The number of anilines is 1. The van der Waals surface area contributed by atoms with Gasteiger partial charge in [-0.1, -0.05) is 24.3 Å². The fourth-order valence-electron chi connectivity index (χ4n) is 2.12. The Morgan fingerprint density at radius 2 is 1.64 bits per heavy atom. The van der Waals surface area contributed by atoms with Gasteiger partial charge in [-0.15, -0.1) is 0 Å². The maximum absolute atomic E-state index is 13.5. The predicted molar refractivity (Wildman–Crippen MR) is 96.8 cm³/mol. The van der Waals surface area contributed by atoms with Crippen molar-refractivity contribution in [2.24, 2.45) is 0 Å². The van der Waals surface area contributed by atoms with Gasteiger partial charge >= 0.3 is 5.97 Å². The molecule has 0 saturated carbocycles. The summed E-state index contributed by atoms with van der Waals surface area (Å²) in [5.74, 6) is -3.72. The molecule has 2 aromatic rings. The summed E-state index contributed by atoms with van der Waals surface area (Å²) in [5, 5.41) is 2.01. The van der Waals surface area contributed by atoms with Crippen LogP contribution < -0.4 is 10.0 Å². The highest BCUT2D eigenvalue weighted by Gasteiger charge is 2.21. The number of nitrogens with one attached hydrogen (secondary N) is 2. The molecule has 1 atom stereocenters. The van der Waals surface area contributed by atoms with Crippen LogP contribution in [0.15, 0.2) is 53.4 Å². The molecule has 1 amide bonds. The van der Waals surface area contributed by atoms with Crippen LogP contribution in [0.5, 0.6) is 0 Å². The van der Waals surface area contributed by atoms with Crippen LogP contribution in [0.2, 0.25) is 0 Å². The van der Waals surface area contributed by atoms with Gasteiger partial charge in [0.2, 0.25) is 10.0 Å². The molecule has 0 saturated heterocycles. The van der Waals surface area contributed by atoms with Crippen molar-refractivity contribution in [1.29, 1.82) is 0 Å². The maximum atomic E-state index is 13.5. The number of rotatable bonds is 8. The van der Waals surface area contributed by atoms with Crippen LogP contribution in [0.4, 0.5) is 14.5 Å². The topological polar surface area (TPSA) is 102 Å². The lowest BCUT2D eigenvalue weighted by molar-refractivity contribution is -0.152. The fraction of sp³-hybridized carbons (Fsp3) is 0.222. The average Bonchev–Trinajstić information content (AvgIpc) is 2.65. The minimum absolute atomic E-state index is 0.0445. The zero-order valence-corrected chi connectivity index (χ0v) is 15.6. The zero-order chi connectivity index (χ0) is 20.7. The van der Waals surface area contributed by atoms with Crippen LogP contribution in [0, 0.1) is 11.6 Å². The molecule has 0 aliphatic heterocycles. The molecule has 2 aromatic carbocycles. The minimum atomic E-state index is -3.77. The van der Waals surface area contributed by atoms with Crippen LogP contribution in [0.3, 0.4) is 0 Å². The van der Waals surface area contributed by atoms with Crippen LogP contribution in [-0.4, -0.2) is 32.9 Å². The first-order valence-corrected chi connectivity index (χ1v) is 9.68. The summed E-state index contributed by atoms with van der Waals surface area (Å²) < 4.78 is 58.2. The van der Waals surface area contributed by atoms with Crippen molar-refractivity contribution in [1.82, 2.24) is 4.72 Å². The smallest absolute Gasteiger partial charge is 0.307 e. The summed E-state index contributed by atoms with van der Waals surface area (Å²) in [6.45, 7) is 0.979. The number of sulfonamides is 1. The molecule has 0 heterocycles. The number of hydrogen-bond acceptors (Lipinski definition) is 5. The van der Waals surface area contributed by atoms with Gasteiger partial charge in [0.05, 0.1) is 11.3 Å². The van der Waals surface area contributed by atoms with Gasteiger partial charge in [-0.25, -0.2) is 21.9 Å². The van der Waals surface area contributed by atoms with Crippen molar-refractivity contribution in [3.8, 4) is 0 Å². The molecular weight excluding hydrogens is 394 g/mol. The average molecular weight is 412 g/mol. The van der Waals surface area contributed by atoms with Crippen LogP contribution >= 0.6 is 0 Å². The molecule has 2 rings (SSSR count). The molecule has 2 N–H and O–H groups in total.